The van der Waals surface area contributed by atoms with Gasteiger partial charge in [-0.1, -0.05) is 48.5 Å². The highest BCUT2D eigenvalue weighted by atomic mass is 32.2. The molecular formula is C23H19N3OS2. The van der Waals surface area contributed by atoms with Gasteiger partial charge < -0.3 is 5.41 Å². The van der Waals surface area contributed by atoms with Crippen molar-refractivity contribution in [1.82, 2.24) is 9.71 Å². The van der Waals surface area contributed by atoms with Gasteiger partial charge in [-0.3, -0.25) is 4.79 Å². The van der Waals surface area contributed by atoms with Gasteiger partial charge in [-0.05, 0) is 53.8 Å². The van der Waals surface area contributed by atoms with Crippen molar-refractivity contribution in [3.05, 3.63) is 94.5 Å². The SMILES string of the molecule is N=Cc1cccc(CC(NSc2cccc(C=O)c2)c2nc3ccccc3s2)c1. The number of hydrogen-bond donors (Lipinski definition) is 2. The van der Waals surface area contributed by atoms with Crippen molar-refractivity contribution in [1.29, 1.82) is 5.41 Å². The van der Waals surface area contributed by atoms with Crippen LogP contribution in [0, 0.1) is 5.41 Å². The largest absolute Gasteiger partial charge is 0.308 e. The first kappa shape index (κ1) is 19.5. The van der Waals surface area contributed by atoms with E-state index in [0.717, 1.165) is 44.0 Å². The topological polar surface area (TPSA) is 65.8 Å². The minimum Gasteiger partial charge on any atom is -0.308 e. The van der Waals surface area contributed by atoms with Gasteiger partial charge in [-0.2, -0.15) is 0 Å². The van der Waals surface area contributed by atoms with Crippen LogP contribution in [0.2, 0.25) is 0 Å². The average molecular weight is 418 g/mol. The fourth-order valence-electron chi connectivity index (χ4n) is 3.05. The minimum absolute atomic E-state index is 0.00160. The molecule has 0 saturated carbocycles. The summed E-state index contributed by atoms with van der Waals surface area (Å²) >= 11 is 3.19. The molecule has 1 atom stereocenters. The molecule has 1 unspecified atom stereocenters. The maximum Gasteiger partial charge on any atom is 0.150 e. The predicted octanol–water partition coefficient (Wildman–Crippen LogP) is 5.69. The van der Waals surface area contributed by atoms with Crippen LogP contribution in [-0.2, 0) is 6.42 Å². The van der Waals surface area contributed by atoms with E-state index in [0.29, 0.717) is 5.56 Å². The number of aromatic nitrogens is 1. The van der Waals surface area contributed by atoms with E-state index in [9.17, 15) is 4.79 Å². The Bertz CT molecular complexity index is 1120. The van der Waals surface area contributed by atoms with E-state index in [1.165, 1.54) is 18.2 Å². The number of aldehydes is 1. The van der Waals surface area contributed by atoms with Gasteiger partial charge in [-0.15, -0.1) is 11.3 Å². The summed E-state index contributed by atoms with van der Waals surface area (Å²) in [7, 11) is 0. The van der Waals surface area contributed by atoms with Gasteiger partial charge in [-0.25, -0.2) is 9.71 Å². The average Bonchev–Trinajstić information content (AvgIpc) is 3.21. The second-order valence-electron chi connectivity index (χ2n) is 6.58. The number of fused-ring (bicyclic) bond motifs is 1. The van der Waals surface area contributed by atoms with E-state index >= 15 is 0 Å². The summed E-state index contributed by atoms with van der Waals surface area (Å²) in [6, 6.07) is 23.7. The summed E-state index contributed by atoms with van der Waals surface area (Å²) in [5.74, 6) is 0. The van der Waals surface area contributed by atoms with E-state index in [1.807, 2.05) is 54.6 Å². The third-order valence-corrected chi connectivity index (χ3v) is 6.52. The number of nitrogens with zero attached hydrogens (tertiary/aromatic N) is 1. The van der Waals surface area contributed by atoms with Crippen LogP contribution in [0.3, 0.4) is 0 Å². The number of nitrogens with one attached hydrogen (secondary N) is 2. The molecule has 0 spiro atoms. The molecule has 0 radical (unpaired) electrons. The fourth-order valence-corrected chi connectivity index (χ4v) is 4.96. The lowest BCUT2D eigenvalue weighted by molar-refractivity contribution is 0.112. The molecule has 1 heterocycles. The molecule has 0 aliphatic rings. The standard InChI is InChI=1S/C23H19N3OS2/c24-14-17-6-3-5-16(11-17)13-21(23-25-20-9-1-2-10-22(20)28-23)26-29-19-8-4-7-18(12-19)15-27/h1-12,14-15,21,24,26H,13H2. The van der Waals surface area contributed by atoms with Crippen molar-refractivity contribution < 1.29 is 4.79 Å². The Balaban J connectivity index is 1.61. The molecule has 0 amide bonds. The quantitative estimate of drug-likeness (QED) is 0.220. The van der Waals surface area contributed by atoms with Gasteiger partial charge in [0.25, 0.3) is 0 Å². The summed E-state index contributed by atoms with van der Waals surface area (Å²) in [5, 5.41) is 8.53. The van der Waals surface area contributed by atoms with Crippen LogP contribution >= 0.6 is 23.3 Å². The Morgan fingerprint density at radius 2 is 1.86 bits per heavy atom. The molecule has 144 valence electrons. The number of carbonyl (C=O) groups excluding carboxylic acids is 1. The lowest BCUT2D eigenvalue weighted by atomic mass is 10.0. The number of thiazole rings is 1. The molecule has 0 saturated heterocycles. The lowest BCUT2D eigenvalue weighted by Gasteiger charge is -2.16. The molecule has 4 nitrogen and oxygen atoms in total. The van der Waals surface area contributed by atoms with Gasteiger partial charge in [0, 0.05) is 16.7 Å². The molecule has 3 aromatic carbocycles. The molecule has 4 rings (SSSR count). The monoisotopic (exact) mass is 417 g/mol. The third kappa shape index (κ3) is 4.79. The smallest absolute Gasteiger partial charge is 0.150 e. The normalized spacial score (nSPS) is 12.0. The minimum atomic E-state index is -0.00160. The van der Waals surface area contributed by atoms with E-state index in [4.69, 9.17) is 10.4 Å². The van der Waals surface area contributed by atoms with Crippen LogP contribution in [0.4, 0.5) is 0 Å². The molecule has 4 aromatic rings. The van der Waals surface area contributed by atoms with Crippen LogP contribution in [-0.4, -0.2) is 17.5 Å². The molecule has 29 heavy (non-hydrogen) atoms. The van der Waals surface area contributed by atoms with Crippen molar-refractivity contribution in [2.24, 2.45) is 0 Å². The molecule has 0 aliphatic carbocycles. The van der Waals surface area contributed by atoms with E-state index in [2.05, 4.69) is 16.9 Å². The van der Waals surface area contributed by atoms with Crippen LogP contribution in [0.1, 0.15) is 32.5 Å². The number of carbonyl (C=O) groups is 1. The van der Waals surface area contributed by atoms with Gasteiger partial charge in [0.2, 0.25) is 0 Å². The zero-order valence-corrected chi connectivity index (χ0v) is 17.2. The number of rotatable bonds is 8. The first-order chi connectivity index (χ1) is 14.2. The summed E-state index contributed by atoms with van der Waals surface area (Å²) in [6.07, 6.45) is 2.98. The van der Waals surface area contributed by atoms with Crippen LogP contribution in [0.15, 0.2) is 77.7 Å². The first-order valence-corrected chi connectivity index (χ1v) is 10.8. The Hall–Kier alpha value is -2.80. The lowest BCUT2D eigenvalue weighted by Crippen LogP contribution is -2.17. The molecule has 1 aromatic heterocycles. The first-order valence-electron chi connectivity index (χ1n) is 9.17. The molecule has 0 bridgehead atoms. The van der Waals surface area contributed by atoms with Crippen molar-refractivity contribution in [3.63, 3.8) is 0 Å². The molecule has 0 fully saturated rings. The number of hydrogen-bond acceptors (Lipinski definition) is 6. The summed E-state index contributed by atoms with van der Waals surface area (Å²) in [6.45, 7) is 0. The third-order valence-electron chi connectivity index (χ3n) is 4.48. The van der Waals surface area contributed by atoms with Crippen molar-refractivity contribution in [2.75, 3.05) is 0 Å². The second-order valence-corrected chi connectivity index (χ2v) is 8.55. The number of benzene rings is 3. The predicted molar refractivity (Wildman–Crippen MR) is 121 cm³/mol. The van der Waals surface area contributed by atoms with Crippen molar-refractivity contribution >= 4 is 46.0 Å². The van der Waals surface area contributed by atoms with Crippen LogP contribution < -0.4 is 4.72 Å². The van der Waals surface area contributed by atoms with Gasteiger partial charge >= 0.3 is 0 Å². The van der Waals surface area contributed by atoms with Gasteiger partial charge in [0.05, 0.1) is 16.3 Å². The molecule has 2 N–H and O–H groups in total. The second kappa shape index (κ2) is 9.13. The van der Waals surface area contributed by atoms with Gasteiger partial charge in [0.15, 0.2) is 0 Å². The summed E-state index contributed by atoms with van der Waals surface area (Å²) in [4.78, 5) is 16.9. The Morgan fingerprint density at radius 3 is 2.69 bits per heavy atom. The highest BCUT2D eigenvalue weighted by molar-refractivity contribution is 7.97. The maximum absolute atomic E-state index is 11.1. The van der Waals surface area contributed by atoms with E-state index in [1.54, 1.807) is 17.4 Å². The van der Waals surface area contributed by atoms with Crippen LogP contribution in [0.25, 0.3) is 10.2 Å². The molecule has 6 heteroatoms. The molecule has 0 aliphatic heterocycles. The Kier molecular flexibility index (Phi) is 6.14. The fraction of sp³-hybridized carbons (Fsp3) is 0.0870. The van der Waals surface area contributed by atoms with E-state index in [-0.39, 0.29) is 6.04 Å². The van der Waals surface area contributed by atoms with Crippen molar-refractivity contribution in [3.8, 4) is 0 Å². The molecular weight excluding hydrogens is 398 g/mol. The summed E-state index contributed by atoms with van der Waals surface area (Å²) in [5.41, 5.74) is 3.69. The zero-order valence-electron chi connectivity index (χ0n) is 15.5. The Labute approximate surface area is 177 Å². The highest BCUT2D eigenvalue weighted by Gasteiger charge is 2.18. The van der Waals surface area contributed by atoms with E-state index < -0.39 is 0 Å². The summed E-state index contributed by atoms with van der Waals surface area (Å²) < 4.78 is 4.70. The van der Waals surface area contributed by atoms with Crippen molar-refractivity contribution in [2.45, 2.75) is 17.4 Å². The highest BCUT2D eigenvalue weighted by Crippen LogP contribution is 2.31. The Morgan fingerprint density at radius 1 is 1.03 bits per heavy atom. The number of para-hydroxylation sites is 1. The van der Waals surface area contributed by atoms with Gasteiger partial charge in [0.1, 0.15) is 11.3 Å². The van der Waals surface area contributed by atoms with Crippen LogP contribution in [0.5, 0.6) is 0 Å². The zero-order chi connectivity index (χ0) is 20.1. The maximum atomic E-state index is 11.1.